The van der Waals surface area contributed by atoms with E-state index in [4.69, 9.17) is 10.00 Å². The van der Waals surface area contributed by atoms with Crippen LogP contribution in [0.1, 0.15) is 16.7 Å². The van der Waals surface area contributed by atoms with Crippen molar-refractivity contribution in [2.24, 2.45) is 0 Å². The summed E-state index contributed by atoms with van der Waals surface area (Å²) in [5.41, 5.74) is 3.12. The van der Waals surface area contributed by atoms with Crippen LogP contribution in [0, 0.1) is 36.5 Å². The Bertz CT molecular complexity index is 953. The zero-order chi connectivity index (χ0) is 19.1. The van der Waals surface area contributed by atoms with Gasteiger partial charge in [0.25, 0.3) is 5.91 Å². The minimum Gasteiger partial charge on any atom is -0.478 e. The van der Waals surface area contributed by atoms with Gasteiger partial charge in [-0.2, -0.15) is 10.5 Å². The van der Waals surface area contributed by atoms with Crippen molar-refractivity contribution in [1.82, 2.24) is 0 Å². The van der Waals surface area contributed by atoms with Crippen molar-refractivity contribution < 1.29 is 9.53 Å². The predicted molar refractivity (Wildman–Crippen MR) is 103 cm³/mol. The van der Waals surface area contributed by atoms with Crippen LogP contribution in [0.25, 0.3) is 6.08 Å². The molecule has 0 aliphatic carbocycles. The molecule has 0 fully saturated rings. The van der Waals surface area contributed by atoms with E-state index in [9.17, 15) is 10.1 Å². The van der Waals surface area contributed by atoms with Gasteiger partial charge >= 0.3 is 0 Å². The van der Waals surface area contributed by atoms with Crippen molar-refractivity contribution in [2.45, 2.75) is 13.8 Å². The third kappa shape index (κ3) is 4.95. The molecule has 1 amide bonds. The highest BCUT2D eigenvalue weighted by atomic mass is 79.9. The van der Waals surface area contributed by atoms with E-state index in [1.54, 1.807) is 24.3 Å². The van der Waals surface area contributed by atoms with Crippen molar-refractivity contribution in [3.05, 3.63) is 63.1 Å². The summed E-state index contributed by atoms with van der Waals surface area (Å²) in [6.45, 7) is 3.73. The molecule has 2 rings (SSSR count). The second kappa shape index (κ2) is 8.84. The average molecular weight is 410 g/mol. The van der Waals surface area contributed by atoms with Crippen LogP contribution < -0.4 is 10.1 Å². The van der Waals surface area contributed by atoms with Gasteiger partial charge in [0.15, 0.2) is 6.61 Å². The number of nitriles is 2. The lowest BCUT2D eigenvalue weighted by atomic mass is 10.1. The molecular formula is C20H16BrN3O2. The van der Waals surface area contributed by atoms with E-state index >= 15 is 0 Å². The second-order valence-corrected chi connectivity index (χ2v) is 6.49. The summed E-state index contributed by atoms with van der Waals surface area (Å²) in [5.74, 6) is -0.0903. The highest BCUT2D eigenvalue weighted by Crippen LogP contribution is 2.26. The van der Waals surface area contributed by atoms with Gasteiger partial charge in [-0.05, 0) is 49.8 Å². The summed E-state index contributed by atoms with van der Waals surface area (Å²) in [5, 5.41) is 20.8. The summed E-state index contributed by atoms with van der Waals surface area (Å²) in [6.07, 6.45) is 1.44. The molecule has 0 saturated heterocycles. The maximum Gasteiger partial charge on any atom is 0.266 e. The number of nitrogens with one attached hydrogen (secondary N) is 1. The summed E-state index contributed by atoms with van der Waals surface area (Å²) in [4.78, 5) is 12.5. The molecule has 0 radical (unpaired) electrons. The minimum absolute atomic E-state index is 0.0649. The molecule has 0 aliphatic rings. The van der Waals surface area contributed by atoms with E-state index in [-0.39, 0.29) is 12.2 Å². The van der Waals surface area contributed by atoms with Gasteiger partial charge in [-0.25, -0.2) is 0 Å². The van der Waals surface area contributed by atoms with E-state index in [1.165, 1.54) is 6.08 Å². The van der Waals surface area contributed by atoms with Gasteiger partial charge in [-0.1, -0.05) is 33.6 Å². The molecule has 1 N–H and O–H groups in total. The molecule has 0 aliphatic heterocycles. The maximum absolute atomic E-state index is 12.5. The smallest absolute Gasteiger partial charge is 0.266 e. The first-order valence-corrected chi connectivity index (χ1v) is 8.53. The van der Waals surface area contributed by atoms with E-state index in [0.29, 0.717) is 17.0 Å². The molecule has 26 heavy (non-hydrogen) atoms. The molecule has 0 atom stereocenters. The Balaban J connectivity index is 2.32. The molecule has 0 saturated carbocycles. The Labute approximate surface area is 160 Å². The number of nitrogens with zero attached hydrogens (tertiary/aromatic N) is 2. The molecule has 0 aromatic heterocycles. The van der Waals surface area contributed by atoms with Crippen LogP contribution in [0.5, 0.6) is 5.75 Å². The van der Waals surface area contributed by atoms with Gasteiger partial charge in [-0.3, -0.25) is 4.79 Å². The van der Waals surface area contributed by atoms with Gasteiger partial charge in [-0.15, -0.1) is 0 Å². The standard InChI is InChI=1S/C20H16BrN3O2/c1-13-3-5-18(14(2)9-13)24-20(25)16(12-23)10-15-11-17(21)4-6-19(15)26-8-7-22/h3-6,9-11H,8H2,1-2H3,(H,24,25)/b16-10+. The summed E-state index contributed by atoms with van der Waals surface area (Å²) >= 11 is 3.35. The topological polar surface area (TPSA) is 85.9 Å². The molecule has 5 nitrogen and oxygen atoms in total. The van der Waals surface area contributed by atoms with Crippen molar-refractivity contribution in [1.29, 1.82) is 10.5 Å². The summed E-state index contributed by atoms with van der Waals surface area (Å²) in [6, 6.07) is 14.6. The molecule has 6 heteroatoms. The van der Waals surface area contributed by atoms with Crippen LogP contribution in [0.2, 0.25) is 0 Å². The first-order valence-electron chi connectivity index (χ1n) is 7.74. The van der Waals surface area contributed by atoms with Gasteiger partial charge < -0.3 is 10.1 Å². The largest absolute Gasteiger partial charge is 0.478 e. The second-order valence-electron chi connectivity index (χ2n) is 5.57. The number of amides is 1. The lowest BCUT2D eigenvalue weighted by Crippen LogP contribution is -2.14. The first kappa shape index (κ1) is 19.2. The number of benzene rings is 2. The molecule has 130 valence electrons. The van der Waals surface area contributed by atoms with E-state index in [1.807, 2.05) is 38.1 Å². The third-order valence-electron chi connectivity index (χ3n) is 3.56. The number of anilines is 1. The predicted octanol–water partition coefficient (Wildman–Crippen LogP) is 4.51. The van der Waals surface area contributed by atoms with Crippen LogP contribution in [0.4, 0.5) is 5.69 Å². The van der Waals surface area contributed by atoms with Gasteiger partial charge in [0.05, 0.1) is 0 Å². The number of rotatable bonds is 5. The molecule has 2 aromatic rings. The molecular weight excluding hydrogens is 394 g/mol. The molecule has 0 heterocycles. The number of halogens is 1. The lowest BCUT2D eigenvalue weighted by Gasteiger charge is -2.10. The van der Waals surface area contributed by atoms with Gasteiger partial charge in [0.1, 0.15) is 23.5 Å². The van der Waals surface area contributed by atoms with Crippen LogP contribution in [0.15, 0.2) is 46.4 Å². The van der Waals surface area contributed by atoms with Crippen LogP contribution in [0.3, 0.4) is 0 Å². The van der Waals surface area contributed by atoms with E-state index in [2.05, 4.69) is 21.2 Å². The molecule has 2 aromatic carbocycles. The number of hydrogen-bond acceptors (Lipinski definition) is 4. The zero-order valence-corrected chi connectivity index (χ0v) is 15.9. The number of ether oxygens (including phenoxy) is 1. The number of carbonyl (C=O) groups excluding carboxylic acids is 1. The zero-order valence-electron chi connectivity index (χ0n) is 14.3. The highest BCUT2D eigenvalue weighted by Gasteiger charge is 2.13. The summed E-state index contributed by atoms with van der Waals surface area (Å²) < 4.78 is 6.11. The van der Waals surface area contributed by atoms with Crippen LogP contribution >= 0.6 is 15.9 Å². The lowest BCUT2D eigenvalue weighted by molar-refractivity contribution is -0.112. The molecule has 0 unspecified atom stereocenters. The van der Waals surface area contributed by atoms with Gasteiger partial charge in [0.2, 0.25) is 0 Å². The number of aryl methyl sites for hydroxylation is 2. The highest BCUT2D eigenvalue weighted by molar-refractivity contribution is 9.10. The number of carbonyl (C=O) groups is 1. The number of hydrogen-bond donors (Lipinski definition) is 1. The average Bonchev–Trinajstić information content (AvgIpc) is 2.61. The fraction of sp³-hybridized carbons (Fsp3) is 0.150. The fourth-order valence-corrected chi connectivity index (χ4v) is 2.70. The monoisotopic (exact) mass is 409 g/mol. The van der Waals surface area contributed by atoms with Crippen molar-refractivity contribution in [2.75, 3.05) is 11.9 Å². The fourth-order valence-electron chi connectivity index (χ4n) is 2.32. The summed E-state index contributed by atoms with van der Waals surface area (Å²) in [7, 11) is 0. The quantitative estimate of drug-likeness (QED) is 0.580. The Morgan fingerprint density at radius 1 is 1.23 bits per heavy atom. The molecule has 0 spiro atoms. The van der Waals surface area contributed by atoms with E-state index in [0.717, 1.165) is 15.6 Å². The van der Waals surface area contributed by atoms with Crippen molar-refractivity contribution in [3.63, 3.8) is 0 Å². The Hall–Kier alpha value is -3.09. The third-order valence-corrected chi connectivity index (χ3v) is 4.05. The van der Waals surface area contributed by atoms with Crippen molar-refractivity contribution >= 4 is 33.6 Å². The normalized spacial score (nSPS) is 10.6. The Morgan fingerprint density at radius 2 is 2.00 bits per heavy atom. The Kier molecular flexibility index (Phi) is 6.54. The van der Waals surface area contributed by atoms with Crippen molar-refractivity contribution in [3.8, 4) is 17.9 Å². The van der Waals surface area contributed by atoms with Crippen LogP contribution in [-0.2, 0) is 4.79 Å². The van der Waals surface area contributed by atoms with Gasteiger partial charge in [0, 0.05) is 15.7 Å². The maximum atomic E-state index is 12.5. The minimum atomic E-state index is -0.509. The van der Waals surface area contributed by atoms with E-state index < -0.39 is 5.91 Å². The van der Waals surface area contributed by atoms with Crippen LogP contribution in [-0.4, -0.2) is 12.5 Å². The SMILES string of the molecule is Cc1ccc(NC(=O)/C(C#N)=C/c2cc(Br)ccc2OCC#N)c(C)c1. The molecule has 0 bridgehead atoms. The first-order chi connectivity index (χ1) is 12.4. The Morgan fingerprint density at radius 3 is 2.65 bits per heavy atom.